The van der Waals surface area contributed by atoms with Gasteiger partial charge < -0.3 is 20.3 Å². The van der Waals surface area contributed by atoms with Crippen LogP contribution in [0.15, 0.2) is 42.6 Å². The maximum Gasteiger partial charge on any atom is 0.269 e. The maximum absolute atomic E-state index is 12.5. The van der Waals surface area contributed by atoms with Gasteiger partial charge in [0.25, 0.3) is 11.8 Å². The lowest BCUT2D eigenvalue weighted by molar-refractivity contribution is 0.0947. The van der Waals surface area contributed by atoms with Gasteiger partial charge in [-0.25, -0.2) is 0 Å². The Bertz CT molecular complexity index is 1030. The van der Waals surface area contributed by atoms with Crippen molar-refractivity contribution in [3.63, 3.8) is 0 Å². The highest BCUT2D eigenvalue weighted by Crippen LogP contribution is 2.31. The molecule has 3 aromatic rings. The van der Waals surface area contributed by atoms with E-state index in [1.54, 1.807) is 19.2 Å². The zero-order valence-corrected chi connectivity index (χ0v) is 18.2. The topological polar surface area (TPSA) is 83.6 Å². The summed E-state index contributed by atoms with van der Waals surface area (Å²) in [6.07, 6.45) is 1.53. The minimum atomic E-state index is -0.272. The van der Waals surface area contributed by atoms with Crippen LogP contribution in [0.3, 0.4) is 0 Å². The van der Waals surface area contributed by atoms with Crippen molar-refractivity contribution in [2.75, 3.05) is 33.2 Å². The van der Waals surface area contributed by atoms with E-state index in [4.69, 9.17) is 4.74 Å². The molecule has 0 saturated heterocycles. The number of amides is 2. The number of ether oxygens (including phenoxy) is 1. The summed E-state index contributed by atoms with van der Waals surface area (Å²) in [5, 5.41) is 6.52. The molecule has 0 unspecified atom stereocenters. The lowest BCUT2D eigenvalue weighted by Gasteiger charge is -2.17. The molecule has 0 radical (unpaired) electrons. The predicted octanol–water partition coefficient (Wildman–Crippen LogP) is 3.52. The third-order valence-electron chi connectivity index (χ3n) is 4.75. The van der Waals surface area contributed by atoms with Gasteiger partial charge in [0.1, 0.15) is 17.2 Å². The van der Waals surface area contributed by atoms with Crippen LogP contribution in [-0.4, -0.2) is 54.9 Å². The summed E-state index contributed by atoms with van der Waals surface area (Å²) in [6.45, 7) is 7.63. The Morgan fingerprint density at radius 3 is 2.57 bits per heavy atom. The number of carbonyl (C=O) groups is 2. The van der Waals surface area contributed by atoms with Crippen molar-refractivity contribution in [2.24, 2.45) is 0 Å². The van der Waals surface area contributed by atoms with Crippen molar-refractivity contribution in [2.45, 2.75) is 13.8 Å². The number of thiophene rings is 1. The molecule has 8 heteroatoms. The summed E-state index contributed by atoms with van der Waals surface area (Å²) in [6, 6.07) is 10.8. The second-order valence-electron chi connectivity index (χ2n) is 6.65. The normalized spacial score (nSPS) is 10.9. The zero-order valence-electron chi connectivity index (χ0n) is 17.4. The molecular formula is C22H26N4O3S. The number of aromatic nitrogens is 1. The third-order valence-corrected chi connectivity index (χ3v) is 5.85. The first-order chi connectivity index (χ1) is 14.5. The second-order valence-corrected chi connectivity index (χ2v) is 7.73. The summed E-state index contributed by atoms with van der Waals surface area (Å²) in [7, 11) is 1.56. The zero-order chi connectivity index (χ0) is 21.5. The molecule has 0 spiro atoms. The summed E-state index contributed by atoms with van der Waals surface area (Å²) in [4.78, 5) is 31.2. The van der Waals surface area contributed by atoms with Gasteiger partial charge in [0.2, 0.25) is 0 Å². The molecule has 0 aliphatic heterocycles. The highest BCUT2D eigenvalue weighted by molar-refractivity contribution is 7.20. The summed E-state index contributed by atoms with van der Waals surface area (Å²) in [5.74, 6) is 0.821. The van der Waals surface area contributed by atoms with Crippen LogP contribution in [0.1, 0.15) is 34.0 Å². The number of nitrogens with zero attached hydrogens (tertiary/aromatic N) is 2. The van der Waals surface area contributed by atoms with Crippen LogP contribution < -0.4 is 15.4 Å². The molecule has 0 aliphatic carbocycles. The van der Waals surface area contributed by atoms with Crippen molar-refractivity contribution < 1.29 is 14.3 Å². The Balaban J connectivity index is 1.68. The fraction of sp³-hybridized carbons (Fsp3) is 0.318. The van der Waals surface area contributed by atoms with Crippen molar-refractivity contribution in [1.29, 1.82) is 0 Å². The fourth-order valence-electron chi connectivity index (χ4n) is 3.00. The van der Waals surface area contributed by atoms with Crippen molar-refractivity contribution in [1.82, 2.24) is 20.5 Å². The minimum Gasteiger partial charge on any atom is -0.457 e. The Labute approximate surface area is 180 Å². The minimum absolute atomic E-state index is 0.0600. The Morgan fingerprint density at radius 1 is 1.07 bits per heavy atom. The van der Waals surface area contributed by atoms with Gasteiger partial charge in [0.15, 0.2) is 0 Å². The number of benzene rings is 1. The first-order valence-corrected chi connectivity index (χ1v) is 10.8. The van der Waals surface area contributed by atoms with E-state index in [9.17, 15) is 9.59 Å². The molecule has 1 aromatic carbocycles. The summed E-state index contributed by atoms with van der Waals surface area (Å²) >= 11 is 1.43. The monoisotopic (exact) mass is 426 g/mol. The fourth-order valence-corrected chi connectivity index (χ4v) is 4.01. The number of hydrogen-bond acceptors (Lipinski definition) is 6. The molecular weight excluding hydrogens is 400 g/mol. The first kappa shape index (κ1) is 21.7. The summed E-state index contributed by atoms with van der Waals surface area (Å²) < 4.78 is 6.85. The molecule has 0 bridgehead atoms. The Hall–Kier alpha value is -2.97. The average molecular weight is 427 g/mol. The first-order valence-electron chi connectivity index (χ1n) is 9.94. The summed E-state index contributed by atoms with van der Waals surface area (Å²) in [5.41, 5.74) is 0.288. The number of hydrogen-bond donors (Lipinski definition) is 2. The SMILES string of the molecule is CCN(CC)CCNC(=O)c1cc2ccc(Oc3ccnc(C(=O)NC)c3)cc2s1. The molecule has 3 rings (SSSR count). The van der Waals surface area contributed by atoms with Crippen LogP contribution >= 0.6 is 11.3 Å². The molecule has 158 valence electrons. The van der Waals surface area contributed by atoms with E-state index in [1.807, 2.05) is 24.3 Å². The van der Waals surface area contributed by atoms with Gasteiger partial charge in [-0.05, 0) is 48.8 Å². The number of carbonyl (C=O) groups excluding carboxylic acids is 2. The number of fused-ring (bicyclic) bond motifs is 1. The average Bonchev–Trinajstić information content (AvgIpc) is 3.20. The molecule has 2 aromatic heterocycles. The number of likely N-dealkylation sites (N-methyl/N-ethyl adjacent to an activating group) is 1. The molecule has 2 N–H and O–H groups in total. The van der Waals surface area contributed by atoms with Gasteiger partial charge in [-0.1, -0.05) is 13.8 Å². The molecule has 30 heavy (non-hydrogen) atoms. The molecule has 0 saturated carbocycles. The van der Waals surface area contributed by atoms with Crippen LogP contribution in [0.4, 0.5) is 0 Å². The van der Waals surface area contributed by atoms with Crippen LogP contribution in [0, 0.1) is 0 Å². The van der Waals surface area contributed by atoms with Gasteiger partial charge in [-0.3, -0.25) is 14.6 Å². The smallest absolute Gasteiger partial charge is 0.269 e. The molecule has 7 nitrogen and oxygen atoms in total. The lowest BCUT2D eigenvalue weighted by atomic mass is 10.2. The highest BCUT2D eigenvalue weighted by atomic mass is 32.1. The van der Waals surface area contributed by atoms with E-state index < -0.39 is 0 Å². The van der Waals surface area contributed by atoms with Gasteiger partial charge in [0, 0.05) is 37.1 Å². The lowest BCUT2D eigenvalue weighted by Crippen LogP contribution is -2.34. The molecule has 0 aliphatic rings. The standard InChI is InChI=1S/C22H26N4O3S/c1-4-26(5-2)11-10-25-22(28)20-12-15-6-7-16(14-19(15)30-20)29-17-8-9-24-18(13-17)21(27)23-3/h6-9,12-14H,4-5,10-11H2,1-3H3,(H,23,27)(H,25,28). The predicted molar refractivity (Wildman–Crippen MR) is 120 cm³/mol. The van der Waals surface area contributed by atoms with Crippen molar-refractivity contribution >= 4 is 33.2 Å². The quantitative estimate of drug-likeness (QED) is 0.547. The van der Waals surface area contributed by atoms with Gasteiger partial charge in [0.05, 0.1) is 4.88 Å². The van der Waals surface area contributed by atoms with Crippen LogP contribution in [-0.2, 0) is 0 Å². The van der Waals surface area contributed by atoms with Crippen molar-refractivity contribution in [3.8, 4) is 11.5 Å². The third kappa shape index (κ3) is 5.34. The molecule has 0 atom stereocenters. The number of pyridine rings is 1. The Kier molecular flexibility index (Phi) is 7.37. The number of rotatable bonds is 9. The van der Waals surface area contributed by atoms with Crippen LogP contribution in [0.5, 0.6) is 11.5 Å². The van der Waals surface area contributed by atoms with E-state index in [1.165, 1.54) is 17.5 Å². The van der Waals surface area contributed by atoms with Gasteiger partial charge in [-0.2, -0.15) is 0 Å². The van der Waals surface area contributed by atoms with E-state index in [0.717, 1.165) is 29.7 Å². The highest BCUT2D eigenvalue weighted by Gasteiger charge is 2.12. The number of nitrogens with one attached hydrogen (secondary N) is 2. The van der Waals surface area contributed by atoms with Gasteiger partial charge >= 0.3 is 0 Å². The Morgan fingerprint density at radius 2 is 1.83 bits per heavy atom. The van der Waals surface area contributed by atoms with Crippen LogP contribution in [0.25, 0.3) is 10.1 Å². The van der Waals surface area contributed by atoms with Crippen LogP contribution in [0.2, 0.25) is 0 Å². The largest absolute Gasteiger partial charge is 0.457 e. The molecule has 2 heterocycles. The van der Waals surface area contributed by atoms with E-state index in [-0.39, 0.29) is 17.5 Å². The second kappa shape index (κ2) is 10.2. The maximum atomic E-state index is 12.5. The van der Waals surface area contributed by atoms with E-state index in [2.05, 4.69) is 34.4 Å². The van der Waals surface area contributed by atoms with E-state index in [0.29, 0.717) is 22.9 Å². The van der Waals surface area contributed by atoms with Gasteiger partial charge in [-0.15, -0.1) is 11.3 Å². The molecule has 0 fully saturated rings. The van der Waals surface area contributed by atoms with Crippen molar-refractivity contribution in [3.05, 3.63) is 53.2 Å². The van der Waals surface area contributed by atoms with E-state index >= 15 is 0 Å². The molecule has 2 amide bonds.